The van der Waals surface area contributed by atoms with Gasteiger partial charge in [-0.05, 0) is 36.8 Å². The van der Waals surface area contributed by atoms with Crippen LogP contribution < -0.4 is 5.32 Å². The molecule has 26 heavy (non-hydrogen) atoms. The standard InChI is InChI=1S/C19H22FN3O3/c1-14(18(24)21-13-15-4-6-16(20)7-5-15)22-8-10-23(11-9-22)19(25)17-3-2-12-26-17/h2-7,12,14H,8-11,13H2,1H3,(H,21,24). The van der Waals surface area contributed by atoms with Gasteiger partial charge in [0, 0.05) is 32.7 Å². The van der Waals surface area contributed by atoms with Crippen LogP contribution in [0, 0.1) is 5.82 Å². The number of halogens is 1. The van der Waals surface area contributed by atoms with Gasteiger partial charge in [0.25, 0.3) is 5.91 Å². The molecule has 6 nitrogen and oxygen atoms in total. The van der Waals surface area contributed by atoms with Crippen LogP contribution in [0.1, 0.15) is 23.0 Å². The number of nitrogens with zero attached hydrogens (tertiary/aromatic N) is 2. The number of carbonyl (C=O) groups is 2. The number of rotatable bonds is 5. The smallest absolute Gasteiger partial charge is 0.289 e. The fraction of sp³-hybridized carbons (Fsp3) is 0.368. The van der Waals surface area contributed by atoms with Gasteiger partial charge in [0.2, 0.25) is 5.91 Å². The third kappa shape index (κ3) is 4.29. The molecule has 0 saturated carbocycles. The molecule has 1 aromatic carbocycles. The molecule has 0 spiro atoms. The largest absolute Gasteiger partial charge is 0.459 e. The first-order valence-corrected chi connectivity index (χ1v) is 8.63. The Bertz CT molecular complexity index is 738. The van der Waals surface area contributed by atoms with Crippen molar-refractivity contribution in [3.05, 3.63) is 59.8 Å². The topological polar surface area (TPSA) is 65.8 Å². The van der Waals surface area contributed by atoms with E-state index in [0.717, 1.165) is 5.56 Å². The molecule has 1 unspecified atom stereocenters. The molecular weight excluding hydrogens is 337 g/mol. The fourth-order valence-corrected chi connectivity index (χ4v) is 2.97. The van der Waals surface area contributed by atoms with Crippen LogP contribution in [0.3, 0.4) is 0 Å². The predicted octanol–water partition coefficient (Wildman–Crippen LogP) is 1.88. The van der Waals surface area contributed by atoms with Crippen molar-refractivity contribution in [1.29, 1.82) is 0 Å². The summed E-state index contributed by atoms with van der Waals surface area (Å²) in [6.45, 7) is 4.56. The van der Waals surface area contributed by atoms with Crippen LogP contribution in [-0.2, 0) is 11.3 Å². The summed E-state index contributed by atoms with van der Waals surface area (Å²) in [4.78, 5) is 28.4. The first kappa shape index (κ1) is 18.1. The monoisotopic (exact) mass is 359 g/mol. The van der Waals surface area contributed by atoms with Crippen molar-refractivity contribution in [2.75, 3.05) is 26.2 Å². The van der Waals surface area contributed by atoms with Gasteiger partial charge >= 0.3 is 0 Å². The molecule has 1 aliphatic heterocycles. The Hall–Kier alpha value is -2.67. The quantitative estimate of drug-likeness (QED) is 0.885. The molecule has 3 rings (SSSR count). The van der Waals surface area contributed by atoms with Crippen molar-refractivity contribution in [2.24, 2.45) is 0 Å². The van der Waals surface area contributed by atoms with Gasteiger partial charge in [-0.25, -0.2) is 4.39 Å². The molecule has 1 saturated heterocycles. The molecule has 1 N–H and O–H groups in total. The highest BCUT2D eigenvalue weighted by Crippen LogP contribution is 2.11. The first-order valence-electron chi connectivity index (χ1n) is 8.63. The van der Waals surface area contributed by atoms with Crippen LogP contribution in [0.15, 0.2) is 47.1 Å². The fourth-order valence-electron chi connectivity index (χ4n) is 2.97. The van der Waals surface area contributed by atoms with Gasteiger partial charge in [0.05, 0.1) is 12.3 Å². The molecule has 1 fully saturated rings. The Labute approximate surface area is 151 Å². The number of piperazine rings is 1. The number of hydrogen-bond acceptors (Lipinski definition) is 4. The van der Waals surface area contributed by atoms with Gasteiger partial charge in [-0.1, -0.05) is 12.1 Å². The van der Waals surface area contributed by atoms with Crippen molar-refractivity contribution in [1.82, 2.24) is 15.1 Å². The minimum Gasteiger partial charge on any atom is -0.459 e. The van der Waals surface area contributed by atoms with Crippen molar-refractivity contribution in [2.45, 2.75) is 19.5 Å². The van der Waals surface area contributed by atoms with Gasteiger partial charge in [0.15, 0.2) is 5.76 Å². The number of hydrogen-bond donors (Lipinski definition) is 1. The van der Waals surface area contributed by atoms with E-state index in [-0.39, 0.29) is 23.7 Å². The highest BCUT2D eigenvalue weighted by molar-refractivity contribution is 5.91. The second-order valence-electron chi connectivity index (χ2n) is 6.33. The van der Waals surface area contributed by atoms with Crippen molar-refractivity contribution < 1.29 is 18.4 Å². The van der Waals surface area contributed by atoms with E-state index in [1.165, 1.54) is 18.4 Å². The molecule has 2 aromatic rings. The van der Waals surface area contributed by atoms with E-state index in [2.05, 4.69) is 5.32 Å². The van der Waals surface area contributed by atoms with E-state index in [9.17, 15) is 14.0 Å². The molecule has 1 aliphatic rings. The molecule has 1 atom stereocenters. The molecule has 0 aliphatic carbocycles. The maximum atomic E-state index is 12.9. The molecule has 0 bridgehead atoms. The predicted molar refractivity (Wildman–Crippen MR) is 93.9 cm³/mol. The minimum absolute atomic E-state index is 0.0832. The molecule has 0 radical (unpaired) electrons. The minimum atomic E-state index is -0.296. The van der Waals surface area contributed by atoms with Crippen LogP contribution >= 0.6 is 0 Å². The van der Waals surface area contributed by atoms with Gasteiger partial charge in [-0.2, -0.15) is 0 Å². The van der Waals surface area contributed by atoms with E-state index in [0.29, 0.717) is 38.5 Å². The van der Waals surface area contributed by atoms with Crippen LogP contribution in [0.25, 0.3) is 0 Å². The summed E-state index contributed by atoms with van der Waals surface area (Å²) in [5, 5.41) is 2.87. The summed E-state index contributed by atoms with van der Waals surface area (Å²) in [5.74, 6) is -0.165. The Morgan fingerprint density at radius 1 is 1.15 bits per heavy atom. The number of amides is 2. The molecule has 7 heteroatoms. The van der Waals surface area contributed by atoms with E-state index < -0.39 is 0 Å². The molecule has 2 amide bonds. The number of carbonyl (C=O) groups excluding carboxylic acids is 2. The van der Waals surface area contributed by atoms with Crippen molar-refractivity contribution in [3.8, 4) is 0 Å². The van der Waals surface area contributed by atoms with Gasteiger partial charge < -0.3 is 14.6 Å². The zero-order chi connectivity index (χ0) is 18.5. The average molecular weight is 359 g/mol. The van der Waals surface area contributed by atoms with Gasteiger partial charge in [-0.3, -0.25) is 14.5 Å². The molecular formula is C19H22FN3O3. The maximum absolute atomic E-state index is 12.9. The third-order valence-electron chi connectivity index (χ3n) is 4.64. The van der Waals surface area contributed by atoms with Gasteiger partial charge in [0.1, 0.15) is 5.82 Å². The second-order valence-corrected chi connectivity index (χ2v) is 6.33. The highest BCUT2D eigenvalue weighted by Gasteiger charge is 2.28. The first-order chi connectivity index (χ1) is 12.5. The Kier molecular flexibility index (Phi) is 5.68. The number of furan rings is 1. The van der Waals surface area contributed by atoms with Crippen molar-refractivity contribution >= 4 is 11.8 Å². The van der Waals surface area contributed by atoms with Crippen molar-refractivity contribution in [3.63, 3.8) is 0 Å². The summed E-state index contributed by atoms with van der Waals surface area (Å²) in [6, 6.07) is 9.10. The highest BCUT2D eigenvalue weighted by atomic mass is 19.1. The summed E-state index contributed by atoms with van der Waals surface area (Å²) >= 11 is 0. The normalized spacial score (nSPS) is 16.3. The summed E-state index contributed by atoms with van der Waals surface area (Å²) in [7, 11) is 0. The lowest BCUT2D eigenvalue weighted by molar-refractivity contribution is -0.126. The SMILES string of the molecule is CC(C(=O)NCc1ccc(F)cc1)N1CCN(C(=O)c2ccco2)CC1. The zero-order valence-electron chi connectivity index (χ0n) is 14.7. The molecule has 1 aromatic heterocycles. The van der Waals surface area contributed by atoms with E-state index in [1.54, 1.807) is 29.2 Å². The summed E-state index contributed by atoms with van der Waals surface area (Å²) in [5.41, 5.74) is 0.848. The average Bonchev–Trinajstić information content (AvgIpc) is 3.21. The van der Waals surface area contributed by atoms with E-state index in [4.69, 9.17) is 4.42 Å². The maximum Gasteiger partial charge on any atom is 0.289 e. The lowest BCUT2D eigenvalue weighted by atomic mass is 10.2. The van der Waals surface area contributed by atoms with Gasteiger partial charge in [-0.15, -0.1) is 0 Å². The lowest BCUT2D eigenvalue weighted by Crippen LogP contribution is -2.54. The van der Waals surface area contributed by atoms with E-state index >= 15 is 0 Å². The van der Waals surface area contributed by atoms with Crippen LogP contribution in [0.5, 0.6) is 0 Å². The lowest BCUT2D eigenvalue weighted by Gasteiger charge is -2.37. The summed E-state index contributed by atoms with van der Waals surface area (Å²) < 4.78 is 18.1. The van der Waals surface area contributed by atoms with Crippen LogP contribution in [-0.4, -0.2) is 53.8 Å². The Balaban J connectivity index is 1.46. The zero-order valence-corrected chi connectivity index (χ0v) is 14.7. The third-order valence-corrected chi connectivity index (χ3v) is 4.64. The number of benzene rings is 1. The Morgan fingerprint density at radius 2 is 1.85 bits per heavy atom. The Morgan fingerprint density at radius 3 is 2.46 bits per heavy atom. The molecule has 2 heterocycles. The number of nitrogens with one attached hydrogen (secondary N) is 1. The summed E-state index contributed by atoms with van der Waals surface area (Å²) in [6.07, 6.45) is 1.48. The second kappa shape index (κ2) is 8.14. The van der Waals surface area contributed by atoms with Crippen LogP contribution in [0.4, 0.5) is 4.39 Å². The van der Waals surface area contributed by atoms with E-state index in [1.807, 2.05) is 11.8 Å². The van der Waals surface area contributed by atoms with Crippen LogP contribution in [0.2, 0.25) is 0 Å². The molecule has 138 valence electrons.